The Hall–Kier alpha value is -0.340. The van der Waals surface area contributed by atoms with Gasteiger partial charge in [-0.15, -0.1) is 0 Å². The van der Waals surface area contributed by atoms with E-state index in [2.05, 4.69) is 20.8 Å². The number of allylic oxidation sites excluding steroid dienone is 2. The Morgan fingerprint density at radius 2 is 1.82 bits per heavy atom. The summed E-state index contributed by atoms with van der Waals surface area (Å²) in [6, 6.07) is 0. The van der Waals surface area contributed by atoms with E-state index in [0.717, 1.165) is 32.0 Å². The van der Waals surface area contributed by atoms with Gasteiger partial charge in [-0.1, -0.05) is 18.1 Å². The van der Waals surface area contributed by atoms with Gasteiger partial charge in [0.05, 0.1) is 13.2 Å². The molecule has 1 saturated heterocycles. The van der Waals surface area contributed by atoms with Crippen molar-refractivity contribution in [2.75, 3.05) is 13.2 Å². The van der Waals surface area contributed by atoms with Gasteiger partial charge in [0.25, 0.3) is 0 Å². The smallest absolute Gasteiger partial charge is 0.174 e. The fraction of sp³-hybridized carbons (Fsp3) is 0.867. The highest BCUT2D eigenvalue weighted by Crippen LogP contribution is 2.59. The van der Waals surface area contributed by atoms with Crippen LogP contribution in [0.25, 0.3) is 0 Å². The Morgan fingerprint density at radius 1 is 1.12 bits per heavy atom. The lowest BCUT2D eigenvalue weighted by atomic mass is 9.56. The molecule has 3 aliphatic rings. The normalized spacial score (nSPS) is 40.8. The number of ether oxygens (including phenoxy) is 2. The Kier molecular flexibility index (Phi) is 2.64. The summed E-state index contributed by atoms with van der Waals surface area (Å²) in [6.07, 6.45) is 6.09. The molecule has 0 bridgehead atoms. The first-order chi connectivity index (χ1) is 8.07. The van der Waals surface area contributed by atoms with Crippen LogP contribution in [0.3, 0.4) is 0 Å². The van der Waals surface area contributed by atoms with Gasteiger partial charge in [-0.3, -0.25) is 0 Å². The van der Waals surface area contributed by atoms with Crippen molar-refractivity contribution in [1.82, 2.24) is 0 Å². The van der Waals surface area contributed by atoms with Gasteiger partial charge < -0.3 is 9.47 Å². The van der Waals surface area contributed by atoms with E-state index in [0.29, 0.717) is 0 Å². The molecule has 96 valence electrons. The highest BCUT2D eigenvalue weighted by molar-refractivity contribution is 5.21. The minimum Gasteiger partial charge on any atom is -0.347 e. The summed E-state index contributed by atoms with van der Waals surface area (Å²) < 4.78 is 12.2. The lowest BCUT2D eigenvalue weighted by Gasteiger charge is -2.55. The molecule has 1 spiro atoms. The second-order valence-corrected chi connectivity index (χ2v) is 6.40. The van der Waals surface area contributed by atoms with Gasteiger partial charge in [0, 0.05) is 11.8 Å². The molecule has 1 heterocycles. The molecule has 2 aliphatic carbocycles. The average molecular weight is 236 g/mol. The summed E-state index contributed by atoms with van der Waals surface area (Å²) in [5.74, 6) is 0.482. The molecule has 2 atom stereocenters. The first-order valence-electron chi connectivity index (χ1n) is 7.00. The average Bonchev–Trinajstić information content (AvgIpc) is 2.74. The van der Waals surface area contributed by atoms with Crippen LogP contribution in [0.4, 0.5) is 0 Å². The van der Waals surface area contributed by atoms with Crippen LogP contribution < -0.4 is 0 Å². The molecule has 0 aromatic heterocycles. The van der Waals surface area contributed by atoms with Gasteiger partial charge in [0.1, 0.15) is 0 Å². The monoisotopic (exact) mass is 236 g/mol. The minimum atomic E-state index is -0.266. The lowest BCUT2D eigenvalue weighted by Crippen LogP contribution is -2.55. The Labute approximate surface area is 104 Å². The van der Waals surface area contributed by atoms with E-state index >= 15 is 0 Å². The molecule has 1 aliphatic heterocycles. The Bertz CT molecular complexity index is 352. The third-order valence-corrected chi connectivity index (χ3v) is 5.50. The van der Waals surface area contributed by atoms with Crippen LogP contribution in [0.2, 0.25) is 0 Å². The molecule has 3 rings (SSSR count). The fourth-order valence-electron chi connectivity index (χ4n) is 4.28. The lowest BCUT2D eigenvalue weighted by molar-refractivity contribution is -0.269. The summed E-state index contributed by atoms with van der Waals surface area (Å²) in [7, 11) is 0. The standard InChI is InChI=1S/C15H24O2/c1-11-9-13-5-4-6-15(16-7-8-17-15)14(13,3)10-12(11)2/h13H,4-10H2,1-3H3/t13-,14+/m0/s1. The van der Waals surface area contributed by atoms with E-state index in [1.54, 1.807) is 11.1 Å². The summed E-state index contributed by atoms with van der Waals surface area (Å²) in [5, 5.41) is 0. The van der Waals surface area contributed by atoms with Gasteiger partial charge in [-0.25, -0.2) is 0 Å². The van der Waals surface area contributed by atoms with Crippen LogP contribution in [-0.2, 0) is 9.47 Å². The van der Waals surface area contributed by atoms with Crippen molar-refractivity contribution in [3.05, 3.63) is 11.1 Å². The molecular weight excluding hydrogens is 212 g/mol. The highest BCUT2D eigenvalue weighted by atomic mass is 16.7. The van der Waals surface area contributed by atoms with Gasteiger partial charge >= 0.3 is 0 Å². The van der Waals surface area contributed by atoms with Crippen LogP contribution in [0.1, 0.15) is 52.9 Å². The minimum absolute atomic E-state index is 0.200. The molecule has 2 nitrogen and oxygen atoms in total. The molecule has 0 unspecified atom stereocenters. The fourth-order valence-corrected chi connectivity index (χ4v) is 4.28. The van der Waals surface area contributed by atoms with Crippen LogP contribution in [0.15, 0.2) is 11.1 Å². The third-order valence-electron chi connectivity index (χ3n) is 5.50. The molecule has 2 fully saturated rings. The van der Waals surface area contributed by atoms with Crippen molar-refractivity contribution >= 4 is 0 Å². The highest BCUT2D eigenvalue weighted by Gasteiger charge is 2.59. The second kappa shape index (κ2) is 3.83. The molecule has 1 saturated carbocycles. The summed E-state index contributed by atoms with van der Waals surface area (Å²) in [4.78, 5) is 0. The van der Waals surface area contributed by atoms with Crippen LogP contribution in [-0.4, -0.2) is 19.0 Å². The van der Waals surface area contributed by atoms with Gasteiger partial charge in [0.15, 0.2) is 5.79 Å². The number of hydrogen-bond acceptors (Lipinski definition) is 2. The molecule has 0 aromatic carbocycles. The zero-order valence-corrected chi connectivity index (χ0v) is 11.3. The molecule has 17 heavy (non-hydrogen) atoms. The largest absolute Gasteiger partial charge is 0.347 e. The first-order valence-corrected chi connectivity index (χ1v) is 7.00. The van der Waals surface area contributed by atoms with Gasteiger partial charge in [0.2, 0.25) is 0 Å². The van der Waals surface area contributed by atoms with E-state index in [4.69, 9.17) is 9.47 Å². The molecule has 0 aromatic rings. The zero-order valence-electron chi connectivity index (χ0n) is 11.3. The second-order valence-electron chi connectivity index (χ2n) is 6.40. The number of hydrogen-bond donors (Lipinski definition) is 0. The summed E-state index contributed by atoms with van der Waals surface area (Å²) in [6.45, 7) is 8.55. The predicted molar refractivity (Wildman–Crippen MR) is 67.7 cm³/mol. The van der Waals surface area contributed by atoms with E-state index in [9.17, 15) is 0 Å². The summed E-state index contributed by atoms with van der Waals surface area (Å²) >= 11 is 0. The molecule has 0 radical (unpaired) electrons. The van der Waals surface area contributed by atoms with Crippen LogP contribution in [0.5, 0.6) is 0 Å². The SMILES string of the molecule is CC1=C(C)C[C@]2(C)[C@@H](CCCC23OCCO3)C1. The topological polar surface area (TPSA) is 18.5 Å². The quantitative estimate of drug-likeness (QED) is 0.597. The maximum atomic E-state index is 6.09. The first kappa shape index (κ1) is 11.7. The van der Waals surface area contributed by atoms with Crippen molar-refractivity contribution in [2.45, 2.75) is 58.7 Å². The zero-order chi connectivity index (χ0) is 12.1. The van der Waals surface area contributed by atoms with Gasteiger partial charge in [-0.05, 0) is 45.4 Å². The van der Waals surface area contributed by atoms with Crippen molar-refractivity contribution in [1.29, 1.82) is 0 Å². The third kappa shape index (κ3) is 1.53. The van der Waals surface area contributed by atoms with Gasteiger partial charge in [-0.2, -0.15) is 0 Å². The molecule has 0 amide bonds. The van der Waals surface area contributed by atoms with Crippen LogP contribution >= 0.6 is 0 Å². The maximum Gasteiger partial charge on any atom is 0.174 e. The van der Waals surface area contributed by atoms with Crippen LogP contribution in [0, 0.1) is 11.3 Å². The number of rotatable bonds is 0. The number of fused-ring (bicyclic) bond motifs is 2. The molecular formula is C15H24O2. The van der Waals surface area contributed by atoms with Crippen molar-refractivity contribution in [3.8, 4) is 0 Å². The predicted octanol–water partition coefficient (Wildman–Crippen LogP) is 3.67. The summed E-state index contributed by atoms with van der Waals surface area (Å²) in [5.41, 5.74) is 3.36. The maximum absolute atomic E-state index is 6.09. The Morgan fingerprint density at radius 3 is 2.53 bits per heavy atom. The van der Waals surface area contributed by atoms with E-state index in [-0.39, 0.29) is 11.2 Å². The van der Waals surface area contributed by atoms with Crippen molar-refractivity contribution in [2.24, 2.45) is 11.3 Å². The van der Waals surface area contributed by atoms with Crippen molar-refractivity contribution < 1.29 is 9.47 Å². The molecule has 0 N–H and O–H groups in total. The Balaban J connectivity index is 1.99. The van der Waals surface area contributed by atoms with E-state index in [1.807, 2.05) is 0 Å². The van der Waals surface area contributed by atoms with E-state index < -0.39 is 0 Å². The van der Waals surface area contributed by atoms with Crippen molar-refractivity contribution in [3.63, 3.8) is 0 Å². The molecule has 2 heteroatoms. The van der Waals surface area contributed by atoms with E-state index in [1.165, 1.54) is 19.3 Å².